The molecule has 0 rings (SSSR count). The number of rotatable bonds is 0. The van der Waals surface area contributed by atoms with Crippen LogP contribution < -0.4 is 0 Å². The Morgan fingerprint density at radius 3 is 1.17 bits per heavy atom. The van der Waals surface area contributed by atoms with Crippen molar-refractivity contribution < 1.29 is 0 Å². The topological polar surface area (TPSA) is 3.24 Å². The van der Waals surface area contributed by atoms with Gasteiger partial charge in [-0.05, 0) is 31.0 Å². The molecule has 0 heterocycles. The summed E-state index contributed by atoms with van der Waals surface area (Å²) >= 11 is 0. The average Bonchev–Trinajstić information content (AvgIpc) is 1.41. The van der Waals surface area contributed by atoms with Crippen molar-refractivity contribution in [3.63, 3.8) is 0 Å². The molecule has 0 saturated heterocycles. The van der Waals surface area contributed by atoms with Crippen molar-refractivity contribution in [1.29, 1.82) is 0 Å². The van der Waals surface area contributed by atoms with Crippen molar-refractivity contribution in [3.8, 4) is 0 Å². The van der Waals surface area contributed by atoms with E-state index in [0.29, 0.717) is 0 Å². The first-order valence-electron chi connectivity index (χ1n) is 1.84. The zero-order valence-electron chi connectivity index (χ0n) is 4.86. The van der Waals surface area contributed by atoms with Crippen LogP contribution in [-0.4, -0.2) is 42.1 Å². The van der Waals surface area contributed by atoms with Gasteiger partial charge in [0.1, 0.15) is 0 Å². The van der Waals surface area contributed by atoms with Crippen molar-refractivity contribution >= 4 is 16.0 Å². The number of nitrogens with zero attached hydrogens (tertiary/aromatic N) is 1. The van der Waals surface area contributed by atoms with Gasteiger partial charge in [-0.1, -0.05) is 0 Å². The van der Waals surface area contributed by atoms with Crippen molar-refractivity contribution in [2.24, 2.45) is 0 Å². The summed E-state index contributed by atoms with van der Waals surface area (Å²) in [6, 6.07) is 0. The fourth-order valence-corrected chi connectivity index (χ4v) is 0. The molecule has 0 fully saturated rings. The first kappa shape index (κ1) is 9.40. The third-order valence-corrected chi connectivity index (χ3v) is 0. The third kappa shape index (κ3) is 17100. The SMILES string of the molecule is C=[SiH2].CN(C)C. The van der Waals surface area contributed by atoms with Gasteiger partial charge in [0.2, 0.25) is 0 Å². The van der Waals surface area contributed by atoms with Crippen LogP contribution in [0.4, 0.5) is 0 Å². The zero-order valence-corrected chi connectivity index (χ0v) is 6.28. The fraction of sp³-hybridized carbons (Fsp3) is 0.750. The van der Waals surface area contributed by atoms with Crippen LogP contribution in [0.5, 0.6) is 0 Å². The predicted octanol–water partition coefficient (Wildman–Crippen LogP) is -0.771. The highest BCUT2D eigenvalue weighted by Gasteiger charge is 1.58. The van der Waals surface area contributed by atoms with Gasteiger partial charge in [-0.15, -0.1) is 6.17 Å². The van der Waals surface area contributed by atoms with Gasteiger partial charge in [0.05, 0.1) is 0 Å². The standard InChI is InChI=1S/C3H9N.CH4Si/c1-4(2)3;1-2/h1-3H3;1-2H2. The molecule has 0 aromatic rings. The van der Waals surface area contributed by atoms with E-state index in [1.54, 1.807) is 9.85 Å². The molecule has 0 aliphatic carbocycles. The van der Waals surface area contributed by atoms with Gasteiger partial charge >= 0.3 is 0 Å². The van der Waals surface area contributed by atoms with Gasteiger partial charge < -0.3 is 4.90 Å². The minimum atomic E-state index is 1.61. The van der Waals surface area contributed by atoms with Crippen molar-refractivity contribution in [1.82, 2.24) is 4.90 Å². The van der Waals surface area contributed by atoms with Gasteiger partial charge in [0.25, 0.3) is 0 Å². The maximum absolute atomic E-state index is 3.28. The highest BCUT2D eigenvalue weighted by molar-refractivity contribution is 6.18. The van der Waals surface area contributed by atoms with Crippen LogP contribution in [0.2, 0.25) is 0 Å². The van der Waals surface area contributed by atoms with Crippen LogP contribution >= 0.6 is 0 Å². The molecule has 38 valence electrons. The second kappa shape index (κ2) is 8.90. The summed E-state index contributed by atoms with van der Waals surface area (Å²) in [5, 5.41) is 0. The summed E-state index contributed by atoms with van der Waals surface area (Å²) in [4.78, 5) is 2.00. The molecule has 0 N–H and O–H groups in total. The summed E-state index contributed by atoms with van der Waals surface area (Å²) < 4.78 is 0. The summed E-state index contributed by atoms with van der Waals surface area (Å²) in [5.74, 6) is 0. The zero-order chi connectivity index (χ0) is 5.58. The van der Waals surface area contributed by atoms with E-state index in [1.165, 1.54) is 0 Å². The van der Waals surface area contributed by atoms with E-state index in [2.05, 4.69) is 6.17 Å². The Hall–Kier alpha value is 0.0469. The largest absolute Gasteiger partial charge is 0.312 e. The Balaban J connectivity index is 0. The smallest absolute Gasteiger partial charge is 0.0140 e. The first-order valence-corrected chi connectivity index (χ1v) is 2.84. The van der Waals surface area contributed by atoms with E-state index in [4.69, 9.17) is 0 Å². The molecule has 0 spiro atoms. The van der Waals surface area contributed by atoms with Crippen LogP contribution in [-0.2, 0) is 0 Å². The Morgan fingerprint density at radius 2 is 1.17 bits per heavy atom. The lowest BCUT2D eigenvalue weighted by atomic mass is 11.0. The number of hydrogen-bond acceptors (Lipinski definition) is 1. The lowest BCUT2D eigenvalue weighted by molar-refractivity contribution is 0.505. The molecule has 0 radical (unpaired) electrons. The lowest BCUT2D eigenvalue weighted by Crippen LogP contribution is -1.99. The summed E-state index contributed by atoms with van der Waals surface area (Å²) in [6.07, 6.45) is 3.28. The molecular weight excluding hydrogens is 90.1 g/mol. The van der Waals surface area contributed by atoms with Crippen molar-refractivity contribution in [3.05, 3.63) is 0 Å². The Kier molecular flexibility index (Phi) is 14.0. The molecule has 2 heteroatoms. The molecule has 1 nitrogen and oxygen atoms in total. The van der Waals surface area contributed by atoms with E-state index >= 15 is 0 Å². The Bertz CT molecular complexity index is 18.8. The van der Waals surface area contributed by atoms with Crippen LogP contribution in [0.1, 0.15) is 0 Å². The quantitative estimate of drug-likeness (QED) is 0.364. The Labute approximate surface area is 43.0 Å². The fourth-order valence-electron chi connectivity index (χ4n) is 0. The van der Waals surface area contributed by atoms with Crippen LogP contribution in [0.15, 0.2) is 0 Å². The second-order valence-electron chi connectivity index (χ2n) is 1.34. The predicted molar refractivity (Wildman–Crippen MR) is 35.3 cm³/mol. The van der Waals surface area contributed by atoms with Crippen molar-refractivity contribution in [2.45, 2.75) is 0 Å². The van der Waals surface area contributed by atoms with E-state index in [9.17, 15) is 0 Å². The van der Waals surface area contributed by atoms with Crippen LogP contribution in [0.3, 0.4) is 0 Å². The molecule has 0 bridgehead atoms. The highest BCUT2D eigenvalue weighted by Crippen LogP contribution is 1.47. The summed E-state index contributed by atoms with van der Waals surface area (Å²) in [5.41, 5.74) is 0. The molecule has 0 atom stereocenters. The van der Waals surface area contributed by atoms with E-state index in [-0.39, 0.29) is 0 Å². The van der Waals surface area contributed by atoms with E-state index in [0.717, 1.165) is 0 Å². The van der Waals surface area contributed by atoms with Crippen LogP contribution in [0.25, 0.3) is 0 Å². The van der Waals surface area contributed by atoms with Crippen molar-refractivity contribution in [2.75, 3.05) is 21.1 Å². The monoisotopic (exact) mass is 103 g/mol. The molecule has 0 unspecified atom stereocenters. The maximum Gasteiger partial charge on any atom is -0.0140 e. The van der Waals surface area contributed by atoms with Gasteiger partial charge in [0.15, 0.2) is 0 Å². The van der Waals surface area contributed by atoms with E-state index in [1.807, 2.05) is 26.0 Å². The molecule has 0 aliphatic heterocycles. The molecule has 0 aromatic carbocycles. The molecule has 0 saturated carbocycles. The Morgan fingerprint density at radius 1 is 1.17 bits per heavy atom. The summed E-state index contributed by atoms with van der Waals surface area (Å²) in [6.45, 7) is 0. The number of hydrogen-bond donors (Lipinski definition) is 0. The first-order chi connectivity index (χ1) is 2.73. The minimum absolute atomic E-state index is 1.61. The molecule has 0 aromatic heterocycles. The third-order valence-electron chi connectivity index (χ3n) is 0. The van der Waals surface area contributed by atoms with E-state index < -0.39 is 0 Å². The highest BCUT2D eigenvalue weighted by atomic mass is 28.1. The minimum Gasteiger partial charge on any atom is -0.312 e. The second-order valence-corrected chi connectivity index (χ2v) is 1.34. The summed E-state index contributed by atoms with van der Waals surface area (Å²) in [7, 11) is 7.61. The molecule has 0 amide bonds. The van der Waals surface area contributed by atoms with Gasteiger partial charge in [-0.25, -0.2) is 0 Å². The molecule has 0 aliphatic rings. The lowest BCUT2D eigenvalue weighted by Gasteiger charge is -1.90. The maximum atomic E-state index is 3.28. The molecule has 6 heavy (non-hydrogen) atoms. The molecular formula is C4H13NSi. The normalized spacial score (nSPS) is 6.67. The van der Waals surface area contributed by atoms with Crippen LogP contribution in [0, 0.1) is 0 Å². The van der Waals surface area contributed by atoms with Gasteiger partial charge in [-0.2, -0.15) is 0 Å². The van der Waals surface area contributed by atoms with Gasteiger partial charge in [0, 0.05) is 0 Å². The van der Waals surface area contributed by atoms with Gasteiger partial charge in [-0.3, -0.25) is 0 Å². The average molecular weight is 103 g/mol.